The first-order chi connectivity index (χ1) is 9.31. The van der Waals surface area contributed by atoms with Gasteiger partial charge in [0.05, 0.1) is 12.6 Å². The second-order valence-corrected chi connectivity index (χ2v) is 5.00. The normalized spacial score (nSPS) is 12.2. The number of carbonyl (C=O) groups is 2. The van der Waals surface area contributed by atoms with E-state index >= 15 is 0 Å². The van der Waals surface area contributed by atoms with Gasteiger partial charge in [0, 0.05) is 6.04 Å². The van der Waals surface area contributed by atoms with E-state index in [1.807, 2.05) is 0 Å². The lowest BCUT2D eigenvalue weighted by Crippen LogP contribution is -2.50. The van der Waals surface area contributed by atoms with Crippen molar-refractivity contribution in [2.45, 2.75) is 32.4 Å². The fourth-order valence-electron chi connectivity index (χ4n) is 1.87. The van der Waals surface area contributed by atoms with Gasteiger partial charge in [0.25, 0.3) is 0 Å². The van der Waals surface area contributed by atoms with Crippen molar-refractivity contribution in [3.63, 3.8) is 0 Å². The molecule has 2 amide bonds. The molecule has 0 fully saturated rings. The maximum absolute atomic E-state index is 12.2. The summed E-state index contributed by atoms with van der Waals surface area (Å²) in [6, 6.07) is 5.58. The number of benzene rings is 1. The second-order valence-electron chi connectivity index (χ2n) is 5.00. The minimum atomic E-state index is -0.749. The van der Waals surface area contributed by atoms with Crippen LogP contribution in [0.15, 0.2) is 24.3 Å². The van der Waals surface area contributed by atoms with Crippen molar-refractivity contribution >= 4 is 11.8 Å². The van der Waals surface area contributed by atoms with Crippen LogP contribution in [-0.2, 0) is 16.0 Å². The van der Waals surface area contributed by atoms with Gasteiger partial charge in [-0.3, -0.25) is 9.59 Å². The van der Waals surface area contributed by atoms with E-state index in [1.165, 1.54) is 17.0 Å². The van der Waals surface area contributed by atoms with Crippen LogP contribution in [0, 0.1) is 0 Å². The molecular formula is C14H21N3O3. The lowest BCUT2D eigenvalue weighted by atomic mass is 10.0. The van der Waals surface area contributed by atoms with E-state index in [9.17, 15) is 14.7 Å². The second kappa shape index (κ2) is 6.91. The maximum atomic E-state index is 12.2. The number of amides is 2. The predicted octanol–water partition coefficient (Wildman–Crippen LogP) is -0.0157. The van der Waals surface area contributed by atoms with Crippen LogP contribution in [0.2, 0.25) is 0 Å². The molecule has 0 unspecified atom stereocenters. The molecule has 0 saturated heterocycles. The molecule has 0 spiro atoms. The van der Waals surface area contributed by atoms with Crippen molar-refractivity contribution in [1.82, 2.24) is 4.90 Å². The summed E-state index contributed by atoms with van der Waals surface area (Å²) in [5, 5.41) is 9.20. The number of primary amides is 1. The summed E-state index contributed by atoms with van der Waals surface area (Å²) in [7, 11) is 0. The number of aromatic hydroxyl groups is 1. The van der Waals surface area contributed by atoms with Crippen molar-refractivity contribution in [1.29, 1.82) is 0 Å². The number of phenols is 1. The Kier molecular flexibility index (Phi) is 5.52. The fourth-order valence-corrected chi connectivity index (χ4v) is 1.87. The molecule has 1 atom stereocenters. The number of nitrogens with zero attached hydrogens (tertiary/aromatic N) is 1. The topological polar surface area (TPSA) is 110 Å². The molecular weight excluding hydrogens is 258 g/mol. The largest absolute Gasteiger partial charge is 0.508 e. The molecule has 5 N–H and O–H groups in total. The first-order valence-corrected chi connectivity index (χ1v) is 6.43. The highest BCUT2D eigenvalue weighted by Gasteiger charge is 2.24. The summed E-state index contributed by atoms with van der Waals surface area (Å²) in [4.78, 5) is 24.6. The molecule has 0 radical (unpaired) electrons. The maximum Gasteiger partial charge on any atom is 0.240 e. The number of hydrogen-bond acceptors (Lipinski definition) is 4. The van der Waals surface area contributed by atoms with Crippen LogP contribution in [0.5, 0.6) is 5.75 Å². The third kappa shape index (κ3) is 4.55. The van der Waals surface area contributed by atoms with E-state index < -0.39 is 11.9 Å². The lowest BCUT2D eigenvalue weighted by molar-refractivity contribution is -0.138. The van der Waals surface area contributed by atoms with E-state index in [1.54, 1.807) is 26.0 Å². The number of rotatable bonds is 6. The summed E-state index contributed by atoms with van der Waals surface area (Å²) in [5.74, 6) is -0.720. The summed E-state index contributed by atoms with van der Waals surface area (Å²) in [6.45, 7) is 3.46. The Labute approximate surface area is 118 Å². The monoisotopic (exact) mass is 279 g/mol. The minimum absolute atomic E-state index is 0.139. The highest BCUT2D eigenvalue weighted by molar-refractivity contribution is 5.87. The van der Waals surface area contributed by atoms with Crippen molar-refractivity contribution in [2.75, 3.05) is 6.54 Å². The molecule has 1 aromatic rings. The molecule has 20 heavy (non-hydrogen) atoms. The summed E-state index contributed by atoms with van der Waals surface area (Å²) in [6.07, 6.45) is 0.334. The number of carbonyl (C=O) groups excluding carboxylic acids is 2. The van der Waals surface area contributed by atoms with Crippen LogP contribution in [0.25, 0.3) is 0 Å². The molecule has 0 aromatic heterocycles. The van der Waals surface area contributed by atoms with Crippen molar-refractivity contribution in [3.05, 3.63) is 29.8 Å². The summed E-state index contributed by atoms with van der Waals surface area (Å²) < 4.78 is 0. The quantitative estimate of drug-likeness (QED) is 0.680. The summed E-state index contributed by atoms with van der Waals surface area (Å²) in [5.41, 5.74) is 11.9. The first-order valence-electron chi connectivity index (χ1n) is 6.43. The first kappa shape index (κ1) is 16.0. The van der Waals surface area contributed by atoms with Gasteiger partial charge in [-0.05, 0) is 38.0 Å². The average molecular weight is 279 g/mol. The molecule has 1 aromatic carbocycles. The van der Waals surface area contributed by atoms with Gasteiger partial charge >= 0.3 is 0 Å². The Hall–Kier alpha value is -2.08. The third-order valence-corrected chi connectivity index (χ3v) is 2.94. The Morgan fingerprint density at radius 2 is 1.80 bits per heavy atom. The Balaban J connectivity index is 2.73. The predicted molar refractivity (Wildman–Crippen MR) is 75.8 cm³/mol. The van der Waals surface area contributed by atoms with E-state index in [0.717, 1.165) is 5.56 Å². The Morgan fingerprint density at radius 3 is 2.25 bits per heavy atom. The molecule has 0 heterocycles. The van der Waals surface area contributed by atoms with Crippen LogP contribution in [-0.4, -0.2) is 40.4 Å². The van der Waals surface area contributed by atoms with Gasteiger partial charge < -0.3 is 21.5 Å². The highest BCUT2D eigenvalue weighted by atomic mass is 16.3. The molecule has 0 bridgehead atoms. The smallest absolute Gasteiger partial charge is 0.240 e. The van der Waals surface area contributed by atoms with E-state index in [-0.39, 0.29) is 24.2 Å². The van der Waals surface area contributed by atoms with Gasteiger partial charge in [0.1, 0.15) is 5.75 Å². The number of hydrogen-bond donors (Lipinski definition) is 3. The van der Waals surface area contributed by atoms with Crippen LogP contribution in [0.3, 0.4) is 0 Å². The van der Waals surface area contributed by atoms with Gasteiger partial charge in [0.2, 0.25) is 11.8 Å². The van der Waals surface area contributed by atoms with E-state index in [4.69, 9.17) is 11.5 Å². The highest BCUT2D eigenvalue weighted by Crippen LogP contribution is 2.12. The molecule has 1 rings (SSSR count). The van der Waals surface area contributed by atoms with E-state index in [2.05, 4.69) is 0 Å². The van der Waals surface area contributed by atoms with Crippen LogP contribution >= 0.6 is 0 Å². The molecule has 0 saturated carbocycles. The number of nitrogens with two attached hydrogens (primary N) is 2. The zero-order valence-corrected chi connectivity index (χ0v) is 11.7. The van der Waals surface area contributed by atoms with Crippen molar-refractivity contribution in [3.8, 4) is 5.75 Å². The zero-order valence-electron chi connectivity index (χ0n) is 11.7. The Bertz CT molecular complexity index is 471. The van der Waals surface area contributed by atoms with Gasteiger partial charge in [0.15, 0.2) is 0 Å². The SMILES string of the molecule is CC(C)N(CC(N)=O)C(=O)[C@H](N)Cc1ccc(O)cc1. The van der Waals surface area contributed by atoms with Crippen LogP contribution in [0.4, 0.5) is 0 Å². The van der Waals surface area contributed by atoms with E-state index in [0.29, 0.717) is 6.42 Å². The van der Waals surface area contributed by atoms with Crippen LogP contribution in [0.1, 0.15) is 19.4 Å². The molecule has 0 aliphatic rings. The third-order valence-electron chi connectivity index (χ3n) is 2.94. The molecule has 0 aliphatic carbocycles. The van der Waals surface area contributed by atoms with Crippen molar-refractivity contribution < 1.29 is 14.7 Å². The van der Waals surface area contributed by atoms with Gasteiger partial charge in [-0.15, -0.1) is 0 Å². The fraction of sp³-hybridized carbons (Fsp3) is 0.429. The molecule has 0 aliphatic heterocycles. The average Bonchev–Trinajstić information content (AvgIpc) is 2.37. The standard InChI is InChI=1S/C14H21N3O3/c1-9(2)17(8-13(16)19)14(20)12(15)7-10-3-5-11(18)6-4-10/h3-6,9,12,18H,7-8,15H2,1-2H3,(H2,16,19)/t12-/m1/s1. The lowest BCUT2D eigenvalue weighted by Gasteiger charge is -2.28. The molecule has 6 nitrogen and oxygen atoms in total. The number of phenolic OH excluding ortho intramolecular Hbond substituents is 1. The zero-order chi connectivity index (χ0) is 15.3. The summed E-state index contributed by atoms with van der Waals surface area (Å²) >= 11 is 0. The molecule has 110 valence electrons. The van der Waals surface area contributed by atoms with Gasteiger partial charge in [-0.1, -0.05) is 12.1 Å². The Morgan fingerprint density at radius 1 is 1.25 bits per heavy atom. The molecule has 6 heteroatoms. The minimum Gasteiger partial charge on any atom is -0.508 e. The van der Waals surface area contributed by atoms with Gasteiger partial charge in [-0.25, -0.2) is 0 Å². The van der Waals surface area contributed by atoms with Gasteiger partial charge in [-0.2, -0.15) is 0 Å². The van der Waals surface area contributed by atoms with Crippen LogP contribution < -0.4 is 11.5 Å². The van der Waals surface area contributed by atoms with Crippen molar-refractivity contribution in [2.24, 2.45) is 11.5 Å².